The number of carboxylic acids is 1. The van der Waals surface area contributed by atoms with E-state index in [1.807, 2.05) is 13.8 Å². The zero-order valence-corrected chi connectivity index (χ0v) is 11.2. The van der Waals surface area contributed by atoms with Crippen LogP contribution in [-0.4, -0.2) is 33.7 Å². The Balaban J connectivity index is 2.33. The molecular formula is C13H19N3O3. The molecule has 0 unspecified atom stereocenters. The van der Waals surface area contributed by atoms with E-state index >= 15 is 0 Å². The summed E-state index contributed by atoms with van der Waals surface area (Å²) in [5.41, 5.74) is 0.362. The summed E-state index contributed by atoms with van der Waals surface area (Å²) in [6.45, 7) is 4.50. The zero-order valence-electron chi connectivity index (χ0n) is 11.2. The maximum absolute atomic E-state index is 11.7. The van der Waals surface area contributed by atoms with Crippen molar-refractivity contribution >= 4 is 11.9 Å². The number of carbonyl (C=O) groups excluding carboxylic acids is 1. The fourth-order valence-electron chi connectivity index (χ4n) is 1.61. The molecule has 1 rings (SSSR count). The summed E-state index contributed by atoms with van der Waals surface area (Å²) in [4.78, 5) is 22.3. The van der Waals surface area contributed by atoms with E-state index in [1.165, 1.54) is 12.4 Å². The van der Waals surface area contributed by atoms with Gasteiger partial charge in [0.2, 0.25) is 0 Å². The highest BCUT2D eigenvalue weighted by molar-refractivity contribution is 5.93. The quantitative estimate of drug-likeness (QED) is 0.779. The molecule has 2 N–H and O–H groups in total. The molecule has 0 aliphatic heterocycles. The Morgan fingerprint density at radius 2 is 2.05 bits per heavy atom. The molecule has 0 fully saturated rings. The molecule has 0 radical (unpaired) electrons. The van der Waals surface area contributed by atoms with E-state index in [0.717, 1.165) is 6.42 Å². The monoisotopic (exact) mass is 265 g/mol. The SMILES string of the molecule is CC(C)(CCNC(=O)c1ccnnc1)CCC(=O)O. The summed E-state index contributed by atoms with van der Waals surface area (Å²) in [5.74, 6) is -0.982. The van der Waals surface area contributed by atoms with Gasteiger partial charge in [0, 0.05) is 13.0 Å². The Labute approximate surface area is 112 Å². The lowest BCUT2D eigenvalue weighted by molar-refractivity contribution is -0.137. The van der Waals surface area contributed by atoms with Crippen LogP contribution in [0.15, 0.2) is 18.5 Å². The first-order valence-corrected chi connectivity index (χ1v) is 6.17. The van der Waals surface area contributed by atoms with Gasteiger partial charge in [-0.05, 0) is 24.3 Å². The van der Waals surface area contributed by atoms with Gasteiger partial charge in [-0.3, -0.25) is 9.59 Å². The molecule has 0 atom stereocenters. The molecular weight excluding hydrogens is 246 g/mol. The van der Waals surface area contributed by atoms with Crippen molar-refractivity contribution in [2.45, 2.75) is 33.1 Å². The van der Waals surface area contributed by atoms with E-state index in [0.29, 0.717) is 18.5 Å². The van der Waals surface area contributed by atoms with Gasteiger partial charge in [-0.15, -0.1) is 0 Å². The van der Waals surface area contributed by atoms with Crippen LogP contribution in [0, 0.1) is 5.41 Å². The molecule has 0 spiro atoms. The van der Waals surface area contributed by atoms with E-state index in [2.05, 4.69) is 15.5 Å². The summed E-state index contributed by atoms with van der Waals surface area (Å²) in [6, 6.07) is 1.60. The van der Waals surface area contributed by atoms with E-state index in [1.54, 1.807) is 6.07 Å². The lowest BCUT2D eigenvalue weighted by Gasteiger charge is -2.23. The Morgan fingerprint density at radius 3 is 2.63 bits per heavy atom. The smallest absolute Gasteiger partial charge is 0.303 e. The van der Waals surface area contributed by atoms with Gasteiger partial charge >= 0.3 is 5.97 Å². The van der Waals surface area contributed by atoms with Crippen LogP contribution >= 0.6 is 0 Å². The van der Waals surface area contributed by atoms with Gasteiger partial charge in [0.1, 0.15) is 0 Å². The highest BCUT2D eigenvalue weighted by Gasteiger charge is 2.19. The lowest BCUT2D eigenvalue weighted by Crippen LogP contribution is -2.28. The predicted octanol–water partition coefficient (Wildman–Crippen LogP) is 1.49. The van der Waals surface area contributed by atoms with Crippen molar-refractivity contribution in [2.75, 3.05) is 6.54 Å². The molecule has 0 aliphatic carbocycles. The standard InChI is InChI=1S/C13H19N3O3/c1-13(2,5-3-11(17)18)6-8-14-12(19)10-4-7-15-16-9-10/h4,7,9H,3,5-6,8H2,1-2H3,(H,14,19)(H,17,18). The second-order valence-electron chi connectivity index (χ2n) is 5.19. The van der Waals surface area contributed by atoms with Crippen molar-refractivity contribution in [2.24, 2.45) is 5.41 Å². The minimum absolute atomic E-state index is 0.109. The second-order valence-corrected chi connectivity index (χ2v) is 5.19. The molecule has 6 nitrogen and oxygen atoms in total. The number of nitrogens with zero attached hydrogens (tertiary/aromatic N) is 2. The minimum Gasteiger partial charge on any atom is -0.481 e. The van der Waals surface area contributed by atoms with Gasteiger partial charge in [0.05, 0.1) is 18.0 Å². The number of rotatable bonds is 7. The fraction of sp³-hybridized carbons (Fsp3) is 0.538. The molecule has 0 aliphatic rings. The Hall–Kier alpha value is -1.98. The van der Waals surface area contributed by atoms with Crippen molar-refractivity contribution in [1.29, 1.82) is 0 Å². The highest BCUT2D eigenvalue weighted by Crippen LogP contribution is 2.25. The summed E-state index contributed by atoms with van der Waals surface area (Å²) >= 11 is 0. The largest absolute Gasteiger partial charge is 0.481 e. The van der Waals surface area contributed by atoms with Crippen molar-refractivity contribution in [1.82, 2.24) is 15.5 Å². The molecule has 1 aromatic heterocycles. The Kier molecular flexibility index (Phi) is 5.41. The van der Waals surface area contributed by atoms with Crippen LogP contribution in [0.1, 0.15) is 43.5 Å². The Morgan fingerprint density at radius 1 is 1.32 bits per heavy atom. The van der Waals surface area contributed by atoms with Crippen LogP contribution in [0.2, 0.25) is 0 Å². The number of aliphatic carboxylic acids is 1. The molecule has 19 heavy (non-hydrogen) atoms. The van der Waals surface area contributed by atoms with Crippen LogP contribution in [-0.2, 0) is 4.79 Å². The van der Waals surface area contributed by atoms with Crippen molar-refractivity contribution in [3.05, 3.63) is 24.0 Å². The van der Waals surface area contributed by atoms with Gasteiger partial charge < -0.3 is 10.4 Å². The lowest BCUT2D eigenvalue weighted by atomic mass is 9.84. The van der Waals surface area contributed by atoms with Crippen LogP contribution in [0.4, 0.5) is 0 Å². The van der Waals surface area contributed by atoms with Gasteiger partial charge in [0.25, 0.3) is 5.91 Å². The molecule has 0 bridgehead atoms. The first kappa shape index (κ1) is 15.1. The molecule has 6 heteroatoms. The van der Waals surface area contributed by atoms with Crippen LogP contribution < -0.4 is 5.32 Å². The summed E-state index contributed by atoms with van der Waals surface area (Å²) < 4.78 is 0. The molecule has 0 aromatic carbocycles. The third-order valence-corrected chi connectivity index (χ3v) is 2.95. The number of amides is 1. The van der Waals surface area contributed by atoms with Crippen molar-refractivity contribution in [3.8, 4) is 0 Å². The first-order valence-electron chi connectivity index (χ1n) is 6.17. The van der Waals surface area contributed by atoms with Crippen molar-refractivity contribution in [3.63, 3.8) is 0 Å². The molecule has 0 saturated heterocycles. The molecule has 1 amide bonds. The molecule has 0 saturated carbocycles. The third kappa shape index (κ3) is 5.94. The van der Waals surface area contributed by atoms with Gasteiger partial charge in [-0.2, -0.15) is 10.2 Å². The fourth-order valence-corrected chi connectivity index (χ4v) is 1.61. The summed E-state index contributed by atoms with van der Waals surface area (Å²) in [6.07, 6.45) is 4.34. The van der Waals surface area contributed by atoms with Crippen molar-refractivity contribution < 1.29 is 14.7 Å². The van der Waals surface area contributed by atoms with E-state index in [4.69, 9.17) is 5.11 Å². The topological polar surface area (TPSA) is 92.2 Å². The average molecular weight is 265 g/mol. The maximum Gasteiger partial charge on any atom is 0.303 e. The number of nitrogens with one attached hydrogen (secondary N) is 1. The van der Waals surface area contributed by atoms with E-state index in [-0.39, 0.29) is 17.7 Å². The zero-order chi connectivity index (χ0) is 14.3. The number of hydrogen-bond acceptors (Lipinski definition) is 4. The number of aromatic nitrogens is 2. The van der Waals surface area contributed by atoms with Crippen LogP contribution in [0.3, 0.4) is 0 Å². The van der Waals surface area contributed by atoms with Crippen LogP contribution in [0.25, 0.3) is 0 Å². The number of carbonyl (C=O) groups is 2. The first-order chi connectivity index (χ1) is 8.91. The normalized spacial score (nSPS) is 11.1. The van der Waals surface area contributed by atoms with Gasteiger partial charge in [0.15, 0.2) is 0 Å². The predicted molar refractivity (Wildman–Crippen MR) is 69.6 cm³/mol. The van der Waals surface area contributed by atoms with E-state index in [9.17, 15) is 9.59 Å². The average Bonchev–Trinajstić information content (AvgIpc) is 2.37. The Bertz CT molecular complexity index is 432. The highest BCUT2D eigenvalue weighted by atomic mass is 16.4. The summed E-state index contributed by atoms with van der Waals surface area (Å²) in [5, 5.41) is 18.7. The minimum atomic E-state index is -0.792. The molecule has 104 valence electrons. The van der Waals surface area contributed by atoms with Gasteiger partial charge in [-0.1, -0.05) is 13.8 Å². The van der Waals surface area contributed by atoms with Crippen LogP contribution in [0.5, 0.6) is 0 Å². The number of hydrogen-bond donors (Lipinski definition) is 2. The maximum atomic E-state index is 11.7. The third-order valence-electron chi connectivity index (χ3n) is 2.95. The molecule has 1 aromatic rings. The van der Waals surface area contributed by atoms with Gasteiger partial charge in [-0.25, -0.2) is 0 Å². The molecule has 1 heterocycles. The second kappa shape index (κ2) is 6.82. The van der Waals surface area contributed by atoms with E-state index < -0.39 is 5.97 Å². The number of carboxylic acid groups (broad SMARTS) is 1. The summed E-state index contributed by atoms with van der Waals surface area (Å²) in [7, 11) is 0.